The van der Waals surface area contributed by atoms with Crippen LogP contribution in [0, 0.1) is 0 Å². The lowest BCUT2D eigenvalue weighted by molar-refractivity contribution is -0.138. The van der Waals surface area contributed by atoms with Crippen LogP contribution in [0.3, 0.4) is 0 Å². The number of carboxylic acids is 1. The molecule has 0 radical (unpaired) electrons. The summed E-state index contributed by atoms with van der Waals surface area (Å²) in [5.41, 5.74) is -0.508. The Morgan fingerprint density at radius 2 is 2.05 bits per heavy atom. The third-order valence-electron chi connectivity index (χ3n) is 3.26. The van der Waals surface area contributed by atoms with Crippen LogP contribution in [0.25, 0.3) is 0 Å². The van der Waals surface area contributed by atoms with Gasteiger partial charge in [-0.1, -0.05) is 0 Å². The predicted molar refractivity (Wildman–Crippen MR) is 77.6 cm³/mol. The van der Waals surface area contributed by atoms with Crippen LogP contribution in [0.4, 0.5) is 4.79 Å². The Kier molecular flexibility index (Phi) is 5.12. The van der Waals surface area contributed by atoms with Gasteiger partial charge in [-0.2, -0.15) is 11.8 Å². The summed E-state index contributed by atoms with van der Waals surface area (Å²) in [4.78, 5) is 24.4. The Balaban J connectivity index is 2.59. The number of amides is 2. The monoisotopic (exact) mass is 288 g/mol. The lowest BCUT2D eigenvalue weighted by atomic mass is 10.1. The maximum Gasteiger partial charge on any atom is 0.323 e. The molecule has 1 saturated heterocycles. The van der Waals surface area contributed by atoms with E-state index >= 15 is 0 Å². The van der Waals surface area contributed by atoms with E-state index in [1.54, 1.807) is 0 Å². The number of nitrogens with one attached hydrogen (secondary N) is 1. The summed E-state index contributed by atoms with van der Waals surface area (Å²) in [5.74, 6) is 0.135. The molecule has 0 bridgehead atoms. The standard InChI is InChI=1S/C13H24N2O3S/c1-12(2,3)15(8-10(16)17)11(18)14-9-13(4)6-5-7-19-13/h5-9H2,1-4H3,(H,14,18)(H,16,17). The van der Waals surface area contributed by atoms with Crippen LogP contribution in [0.1, 0.15) is 40.5 Å². The maximum absolute atomic E-state index is 12.2. The van der Waals surface area contributed by atoms with E-state index in [9.17, 15) is 9.59 Å². The van der Waals surface area contributed by atoms with Crippen molar-refractivity contribution < 1.29 is 14.7 Å². The molecular formula is C13H24N2O3S. The van der Waals surface area contributed by atoms with Gasteiger partial charge in [0.25, 0.3) is 0 Å². The van der Waals surface area contributed by atoms with Crippen LogP contribution in [-0.2, 0) is 4.79 Å². The molecule has 0 saturated carbocycles. The molecular weight excluding hydrogens is 264 g/mol. The van der Waals surface area contributed by atoms with E-state index in [4.69, 9.17) is 5.11 Å². The molecule has 19 heavy (non-hydrogen) atoms. The zero-order valence-electron chi connectivity index (χ0n) is 12.2. The number of aliphatic carboxylic acids is 1. The van der Waals surface area contributed by atoms with Gasteiger partial charge in [0.05, 0.1) is 0 Å². The van der Waals surface area contributed by atoms with Gasteiger partial charge in [0.2, 0.25) is 0 Å². The lowest BCUT2D eigenvalue weighted by Gasteiger charge is -2.35. The summed E-state index contributed by atoms with van der Waals surface area (Å²) in [6.07, 6.45) is 2.27. The highest BCUT2D eigenvalue weighted by Crippen LogP contribution is 2.37. The first-order chi connectivity index (χ1) is 8.64. The third kappa shape index (κ3) is 4.93. The highest BCUT2D eigenvalue weighted by molar-refractivity contribution is 8.00. The Labute approximate surface area is 119 Å². The van der Waals surface area contributed by atoms with E-state index < -0.39 is 11.5 Å². The van der Waals surface area contributed by atoms with Crippen molar-refractivity contribution in [3.05, 3.63) is 0 Å². The Morgan fingerprint density at radius 1 is 1.42 bits per heavy atom. The van der Waals surface area contributed by atoms with Crippen molar-refractivity contribution in [3.63, 3.8) is 0 Å². The molecule has 0 aliphatic carbocycles. The fourth-order valence-corrected chi connectivity index (χ4v) is 3.33. The second-order valence-electron chi connectivity index (χ2n) is 6.21. The molecule has 1 atom stereocenters. The molecule has 110 valence electrons. The average molecular weight is 288 g/mol. The zero-order chi connectivity index (χ0) is 14.7. The van der Waals surface area contributed by atoms with Crippen molar-refractivity contribution in [2.75, 3.05) is 18.8 Å². The summed E-state index contributed by atoms with van der Waals surface area (Å²) in [6, 6.07) is -0.302. The van der Waals surface area contributed by atoms with Crippen LogP contribution in [0.2, 0.25) is 0 Å². The van der Waals surface area contributed by atoms with Crippen molar-refractivity contribution in [2.24, 2.45) is 0 Å². The van der Waals surface area contributed by atoms with E-state index in [0.29, 0.717) is 6.54 Å². The summed E-state index contributed by atoms with van der Waals surface area (Å²) in [5, 5.41) is 11.8. The zero-order valence-corrected chi connectivity index (χ0v) is 13.0. The molecule has 1 rings (SSSR count). The number of rotatable bonds is 4. The molecule has 5 nitrogen and oxygen atoms in total. The van der Waals surface area contributed by atoms with Crippen molar-refractivity contribution >= 4 is 23.8 Å². The first kappa shape index (κ1) is 16.1. The molecule has 0 aromatic heterocycles. The fourth-order valence-electron chi connectivity index (χ4n) is 2.08. The van der Waals surface area contributed by atoms with Gasteiger partial charge in [-0.25, -0.2) is 4.79 Å². The highest BCUT2D eigenvalue weighted by atomic mass is 32.2. The molecule has 1 aliphatic rings. The van der Waals surface area contributed by atoms with E-state index in [-0.39, 0.29) is 17.3 Å². The van der Waals surface area contributed by atoms with E-state index in [1.807, 2.05) is 32.5 Å². The molecule has 0 aromatic carbocycles. The normalized spacial score (nSPS) is 23.2. The quantitative estimate of drug-likeness (QED) is 0.832. The number of nitrogens with zero attached hydrogens (tertiary/aromatic N) is 1. The van der Waals surface area contributed by atoms with E-state index in [1.165, 1.54) is 11.3 Å². The molecule has 2 amide bonds. The molecule has 1 aliphatic heterocycles. The second-order valence-corrected chi connectivity index (χ2v) is 7.89. The number of carbonyl (C=O) groups excluding carboxylic acids is 1. The molecule has 1 heterocycles. The summed E-state index contributed by atoms with van der Waals surface area (Å²) in [7, 11) is 0. The predicted octanol–water partition coefficient (Wildman–Crippen LogP) is 2.17. The Morgan fingerprint density at radius 3 is 2.47 bits per heavy atom. The Bertz CT molecular complexity index is 346. The minimum absolute atomic E-state index is 0.0858. The van der Waals surface area contributed by atoms with Gasteiger partial charge < -0.3 is 15.3 Å². The first-order valence-electron chi connectivity index (χ1n) is 6.55. The highest BCUT2D eigenvalue weighted by Gasteiger charge is 2.33. The average Bonchev–Trinajstić information content (AvgIpc) is 2.69. The van der Waals surface area contributed by atoms with Gasteiger partial charge in [0.15, 0.2) is 0 Å². The van der Waals surface area contributed by atoms with Crippen molar-refractivity contribution in [3.8, 4) is 0 Å². The largest absolute Gasteiger partial charge is 0.480 e. The first-order valence-corrected chi connectivity index (χ1v) is 7.54. The second kappa shape index (κ2) is 6.03. The third-order valence-corrected chi connectivity index (χ3v) is 4.80. The van der Waals surface area contributed by atoms with Crippen LogP contribution in [0.15, 0.2) is 0 Å². The number of urea groups is 1. The summed E-state index contributed by atoms with van der Waals surface area (Å²) in [6.45, 7) is 7.95. The topological polar surface area (TPSA) is 69.6 Å². The lowest BCUT2D eigenvalue weighted by Crippen LogP contribution is -2.54. The molecule has 1 fully saturated rings. The molecule has 6 heteroatoms. The van der Waals surface area contributed by atoms with Crippen LogP contribution >= 0.6 is 11.8 Å². The summed E-state index contributed by atoms with van der Waals surface area (Å²) < 4.78 is 0.0858. The smallest absolute Gasteiger partial charge is 0.323 e. The van der Waals surface area contributed by atoms with Gasteiger partial charge in [-0.05, 0) is 46.3 Å². The van der Waals surface area contributed by atoms with Gasteiger partial charge in [0.1, 0.15) is 6.54 Å². The number of carboxylic acid groups (broad SMARTS) is 1. The van der Waals surface area contributed by atoms with Crippen molar-refractivity contribution in [1.82, 2.24) is 10.2 Å². The van der Waals surface area contributed by atoms with Crippen LogP contribution in [-0.4, -0.2) is 51.1 Å². The SMILES string of the molecule is CC1(CNC(=O)N(CC(=O)O)C(C)(C)C)CCCS1. The van der Waals surface area contributed by atoms with E-state index in [2.05, 4.69) is 12.2 Å². The number of thioether (sulfide) groups is 1. The van der Waals surface area contributed by atoms with Crippen LogP contribution < -0.4 is 5.32 Å². The molecule has 0 aromatic rings. The van der Waals surface area contributed by atoms with Gasteiger partial charge in [0, 0.05) is 16.8 Å². The molecule has 1 unspecified atom stereocenters. The minimum Gasteiger partial charge on any atom is -0.480 e. The van der Waals surface area contributed by atoms with Crippen molar-refractivity contribution in [1.29, 1.82) is 0 Å². The van der Waals surface area contributed by atoms with E-state index in [0.717, 1.165) is 12.2 Å². The number of carbonyl (C=O) groups is 2. The van der Waals surface area contributed by atoms with Gasteiger partial charge in [-0.15, -0.1) is 0 Å². The van der Waals surface area contributed by atoms with Gasteiger partial charge >= 0.3 is 12.0 Å². The van der Waals surface area contributed by atoms with Crippen LogP contribution in [0.5, 0.6) is 0 Å². The Hall–Kier alpha value is -0.910. The number of hydrogen-bond donors (Lipinski definition) is 2. The maximum atomic E-state index is 12.2. The molecule has 0 spiro atoms. The minimum atomic E-state index is -0.994. The van der Waals surface area contributed by atoms with Gasteiger partial charge in [-0.3, -0.25) is 4.79 Å². The molecule has 2 N–H and O–H groups in total. The number of hydrogen-bond acceptors (Lipinski definition) is 3. The van der Waals surface area contributed by atoms with Crippen molar-refractivity contribution in [2.45, 2.75) is 50.8 Å². The summed E-state index contributed by atoms with van der Waals surface area (Å²) >= 11 is 1.87. The fraction of sp³-hybridized carbons (Fsp3) is 0.846.